The van der Waals surface area contributed by atoms with Crippen molar-refractivity contribution >= 4 is 5.82 Å². The van der Waals surface area contributed by atoms with Crippen LogP contribution in [0, 0.1) is 13.8 Å². The molecule has 0 aliphatic carbocycles. The van der Waals surface area contributed by atoms with E-state index in [1.807, 2.05) is 51.0 Å². The molecule has 0 saturated heterocycles. The first kappa shape index (κ1) is 19.6. The third-order valence-corrected chi connectivity index (χ3v) is 4.41. The summed E-state index contributed by atoms with van der Waals surface area (Å²) in [6.07, 6.45) is 2.60. The Morgan fingerprint density at radius 2 is 1.89 bits per heavy atom. The zero-order valence-electron chi connectivity index (χ0n) is 17.1. The Bertz CT molecular complexity index is 992. The van der Waals surface area contributed by atoms with E-state index in [4.69, 9.17) is 9.26 Å². The van der Waals surface area contributed by atoms with Crippen molar-refractivity contribution in [3.05, 3.63) is 53.7 Å². The summed E-state index contributed by atoms with van der Waals surface area (Å²) in [6, 6.07) is 7.97. The van der Waals surface area contributed by atoms with Crippen LogP contribution in [0.4, 0.5) is 5.82 Å². The number of nitrogens with zero attached hydrogens (tertiary/aromatic N) is 4. The molecule has 0 fully saturated rings. The molecule has 28 heavy (non-hydrogen) atoms. The highest BCUT2D eigenvalue weighted by atomic mass is 16.5. The fraction of sp³-hybridized carbons (Fsp3) is 0.318. The Balaban J connectivity index is 1.98. The molecule has 2 heterocycles. The van der Waals surface area contributed by atoms with E-state index in [9.17, 15) is 0 Å². The maximum Gasteiger partial charge on any atom is 0.258 e. The molecule has 6 heteroatoms. The number of benzene rings is 1. The standard InChI is InChI=1S/C22H26N4O2/c1-7-9-27-20-14(3)10-17(12-16(20)8-2)21-24-22(28-25-21)18-11-15(4)23-19(13-18)26(5)6/h7,10-13H,1,8-9H2,2-6H3. The number of aromatic nitrogens is 3. The molecule has 0 aliphatic heterocycles. The molecular formula is C22H26N4O2. The minimum absolute atomic E-state index is 0.478. The van der Waals surface area contributed by atoms with Crippen LogP contribution in [-0.4, -0.2) is 35.8 Å². The maximum atomic E-state index is 5.83. The molecule has 146 valence electrons. The Morgan fingerprint density at radius 1 is 1.11 bits per heavy atom. The third kappa shape index (κ3) is 4.06. The van der Waals surface area contributed by atoms with Crippen molar-refractivity contribution in [3.8, 4) is 28.6 Å². The van der Waals surface area contributed by atoms with Gasteiger partial charge in [0.05, 0.1) is 0 Å². The zero-order chi connectivity index (χ0) is 20.3. The Kier molecular flexibility index (Phi) is 5.78. The Morgan fingerprint density at radius 3 is 2.57 bits per heavy atom. The largest absolute Gasteiger partial charge is 0.489 e. The van der Waals surface area contributed by atoms with Gasteiger partial charge in [0.25, 0.3) is 5.89 Å². The number of rotatable bonds is 7. The first-order valence-electron chi connectivity index (χ1n) is 9.30. The van der Waals surface area contributed by atoms with Gasteiger partial charge in [-0.15, -0.1) is 0 Å². The second-order valence-corrected chi connectivity index (χ2v) is 6.91. The van der Waals surface area contributed by atoms with Crippen LogP contribution in [0.3, 0.4) is 0 Å². The van der Waals surface area contributed by atoms with Gasteiger partial charge in [0, 0.05) is 30.9 Å². The number of pyridine rings is 1. The van der Waals surface area contributed by atoms with E-state index >= 15 is 0 Å². The molecule has 6 nitrogen and oxygen atoms in total. The van der Waals surface area contributed by atoms with E-state index in [0.717, 1.165) is 45.9 Å². The van der Waals surface area contributed by atoms with Crippen molar-refractivity contribution in [2.24, 2.45) is 0 Å². The highest BCUT2D eigenvalue weighted by Crippen LogP contribution is 2.31. The van der Waals surface area contributed by atoms with Gasteiger partial charge in [-0.1, -0.05) is 24.7 Å². The predicted octanol–water partition coefficient (Wildman–Crippen LogP) is 4.61. The highest BCUT2D eigenvalue weighted by Gasteiger charge is 2.16. The second-order valence-electron chi connectivity index (χ2n) is 6.91. The van der Waals surface area contributed by atoms with Gasteiger partial charge < -0.3 is 14.2 Å². The van der Waals surface area contributed by atoms with Crippen LogP contribution < -0.4 is 9.64 Å². The average molecular weight is 378 g/mol. The van der Waals surface area contributed by atoms with Crippen LogP contribution >= 0.6 is 0 Å². The van der Waals surface area contributed by atoms with Crippen LogP contribution in [0.25, 0.3) is 22.8 Å². The molecule has 2 aromatic heterocycles. The van der Waals surface area contributed by atoms with Crippen molar-refractivity contribution in [3.63, 3.8) is 0 Å². The minimum atomic E-state index is 0.478. The average Bonchev–Trinajstić information content (AvgIpc) is 3.16. The van der Waals surface area contributed by atoms with Crippen molar-refractivity contribution in [2.75, 3.05) is 25.6 Å². The van der Waals surface area contributed by atoms with E-state index in [1.54, 1.807) is 6.08 Å². The molecule has 1 aromatic carbocycles. The van der Waals surface area contributed by atoms with E-state index in [-0.39, 0.29) is 0 Å². The number of hydrogen-bond acceptors (Lipinski definition) is 6. The van der Waals surface area contributed by atoms with Crippen molar-refractivity contribution in [1.82, 2.24) is 15.1 Å². The van der Waals surface area contributed by atoms with E-state index in [2.05, 4.69) is 34.7 Å². The normalized spacial score (nSPS) is 10.8. The lowest BCUT2D eigenvalue weighted by Gasteiger charge is -2.13. The summed E-state index contributed by atoms with van der Waals surface area (Å²) in [6.45, 7) is 10.3. The smallest absolute Gasteiger partial charge is 0.258 e. The fourth-order valence-corrected chi connectivity index (χ4v) is 3.05. The van der Waals surface area contributed by atoms with Crippen LogP contribution in [0.5, 0.6) is 5.75 Å². The van der Waals surface area contributed by atoms with Crippen LogP contribution in [0.2, 0.25) is 0 Å². The van der Waals surface area contributed by atoms with Gasteiger partial charge in [0.15, 0.2) is 0 Å². The van der Waals surface area contributed by atoms with Gasteiger partial charge in [-0.05, 0) is 55.7 Å². The van der Waals surface area contributed by atoms with Gasteiger partial charge in [-0.2, -0.15) is 4.98 Å². The molecule has 0 saturated carbocycles. The monoisotopic (exact) mass is 378 g/mol. The first-order valence-corrected chi connectivity index (χ1v) is 9.30. The quantitative estimate of drug-likeness (QED) is 0.560. The second kappa shape index (κ2) is 8.25. The molecule has 0 bridgehead atoms. The molecule has 0 amide bonds. The summed E-state index contributed by atoms with van der Waals surface area (Å²) in [5, 5.41) is 4.20. The first-order chi connectivity index (χ1) is 13.4. The molecule has 0 N–H and O–H groups in total. The molecule has 0 spiro atoms. The molecule has 0 radical (unpaired) electrons. The van der Waals surface area contributed by atoms with Crippen molar-refractivity contribution in [2.45, 2.75) is 27.2 Å². The van der Waals surface area contributed by atoms with Crippen LogP contribution in [-0.2, 0) is 6.42 Å². The van der Waals surface area contributed by atoms with Crippen molar-refractivity contribution in [1.29, 1.82) is 0 Å². The van der Waals surface area contributed by atoms with Gasteiger partial charge in [-0.25, -0.2) is 4.98 Å². The summed E-state index contributed by atoms with van der Waals surface area (Å²) < 4.78 is 11.4. The lowest BCUT2D eigenvalue weighted by molar-refractivity contribution is 0.357. The summed E-state index contributed by atoms with van der Waals surface area (Å²) >= 11 is 0. The summed E-state index contributed by atoms with van der Waals surface area (Å²) in [5.74, 6) is 2.79. The molecule has 3 rings (SSSR count). The van der Waals surface area contributed by atoms with Gasteiger partial charge in [0.2, 0.25) is 5.82 Å². The molecule has 3 aromatic rings. The maximum absolute atomic E-state index is 5.83. The zero-order valence-corrected chi connectivity index (χ0v) is 17.1. The van der Waals surface area contributed by atoms with Gasteiger partial charge in [0.1, 0.15) is 18.2 Å². The van der Waals surface area contributed by atoms with E-state index < -0.39 is 0 Å². The SMILES string of the molecule is C=CCOc1c(C)cc(-c2noc(-c3cc(C)nc(N(C)C)c3)n2)cc1CC. The van der Waals surface area contributed by atoms with Crippen LogP contribution in [0.1, 0.15) is 23.7 Å². The van der Waals surface area contributed by atoms with E-state index in [1.165, 1.54) is 0 Å². The third-order valence-electron chi connectivity index (χ3n) is 4.41. The predicted molar refractivity (Wildman–Crippen MR) is 112 cm³/mol. The summed E-state index contributed by atoms with van der Waals surface area (Å²) in [4.78, 5) is 11.1. The molecule has 0 aliphatic rings. The number of aryl methyl sites for hydroxylation is 3. The summed E-state index contributed by atoms with van der Waals surface area (Å²) in [7, 11) is 3.91. The number of ether oxygens (including phenoxy) is 1. The highest BCUT2D eigenvalue weighted by molar-refractivity contribution is 5.65. The lowest BCUT2D eigenvalue weighted by atomic mass is 10.0. The Labute approximate surface area is 165 Å². The lowest BCUT2D eigenvalue weighted by Crippen LogP contribution is -2.11. The fourth-order valence-electron chi connectivity index (χ4n) is 3.05. The molecule has 0 unspecified atom stereocenters. The van der Waals surface area contributed by atoms with E-state index in [0.29, 0.717) is 18.3 Å². The topological polar surface area (TPSA) is 64.3 Å². The molecule has 0 atom stereocenters. The molecular weight excluding hydrogens is 352 g/mol. The van der Waals surface area contributed by atoms with Crippen LogP contribution in [0.15, 0.2) is 41.4 Å². The number of anilines is 1. The Hall–Kier alpha value is -3.15. The van der Waals surface area contributed by atoms with Gasteiger partial charge in [-0.3, -0.25) is 0 Å². The number of hydrogen-bond donors (Lipinski definition) is 0. The van der Waals surface area contributed by atoms with Gasteiger partial charge >= 0.3 is 0 Å². The van der Waals surface area contributed by atoms with Crippen molar-refractivity contribution < 1.29 is 9.26 Å². The summed E-state index contributed by atoms with van der Waals surface area (Å²) in [5.41, 5.74) is 4.81. The minimum Gasteiger partial charge on any atom is -0.489 e.